The Hall–Kier alpha value is -1.41. The van der Waals surface area contributed by atoms with Crippen LogP contribution in [0.5, 0.6) is 0 Å². The number of hydrogen-bond acceptors (Lipinski definition) is 5. The minimum Gasteiger partial charge on any atom is -0.424 e. The van der Waals surface area contributed by atoms with Crippen LogP contribution < -0.4 is 5.32 Å². The number of hydrogen-bond donors (Lipinski definition) is 1. The molecule has 0 bridgehead atoms. The highest BCUT2D eigenvalue weighted by Crippen LogP contribution is 2.08. The van der Waals surface area contributed by atoms with Crippen LogP contribution in [-0.2, 0) is 0 Å². The number of nitrogens with one attached hydrogen (secondary N) is 1. The summed E-state index contributed by atoms with van der Waals surface area (Å²) in [5.74, 6) is 1.05. The normalized spacial score (nSPS) is 12.4. The summed E-state index contributed by atoms with van der Waals surface area (Å²) in [5, 5.41) is 18.7. The molecule has 1 heterocycles. The molecule has 0 aliphatic rings. The van der Waals surface area contributed by atoms with E-state index in [1.165, 1.54) is 0 Å². The quantitative estimate of drug-likeness (QED) is 0.664. The van der Waals surface area contributed by atoms with Crippen molar-refractivity contribution in [2.24, 2.45) is 0 Å². The molecule has 0 aliphatic heterocycles. The summed E-state index contributed by atoms with van der Waals surface area (Å²) in [5.41, 5.74) is 0. The maximum absolute atomic E-state index is 8.29. The first-order valence-electron chi connectivity index (χ1n) is 3.64. The number of nitriles is 1. The first-order chi connectivity index (χ1) is 5.74. The zero-order valence-electron chi connectivity index (χ0n) is 7.03. The van der Waals surface area contributed by atoms with Crippen molar-refractivity contribution in [1.82, 2.24) is 15.5 Å². The maximum Gasteiger partial charge on any atom is 0.233 e. The number of nitrogens with zero attached hydrogens (tertiary/aromatic N) is 3. The van der Waals surface area contributed by atoms with Crippen molar-refractivity contribution in [3.63, 3.8) is 0 Å². The van der Waals surface area contributed by atoms with Crippen molar-refractivity contribution in [1.29, 1.82) is 5.26 Å². The van der Waals surface area contributed by atoms with Crippen LogP contribution in [0, 0.1) is 18.3 Å². The summed E-state index contributed by atoms with van der Waals surface area (Å²) in [6.07, 6.45) is 0. The van der Waals surface area contributed by atoms with Crippen LogP contribution in [0.25, 0.3) is 0 Å². The van der Waals surface area contributed by atoms with Crippen molar-refractivity contribution in [2.75, 3.05) is 6.54 Å². The van der Waals surface area contributed by atoms with E-state index in [9.17, 15) is 0 Å². The fourth-order valence-corrected chi connectivity index (χ4v) is 0.773. The molecule has 12 heavy (non-hydrogen) atoms. The van der Waals surface area contributed by atoms with Crippen LogP contribution in [0.15, 0.2) is 4.42 Å². The van der Waals surface area contributed by atoms with E-state index in [0.29, 0.717) is 11.8 Å². The van der Waals surface area contributed by atoms with Gasteiger partial charge in [0, 0.05) is 6.92 Å². The van der Waals surface area contributed by atoms with Gasteiger partial charge >= 0.3 is 0 Å². The predicted molar refractivity (Wildman–Crippen MR) is 41.1 cm³/mol. The van der Waals surface area contributed by atoms with Crippen LogP contribution in [0.1, 0.15) is 24.7 Å². The Labute approximate surface area is 70.4 Å². The molecular weight excluding hydrogens is 156 g/mol. The first kappa shape index (κ1) is 8.68. The molecule has 0 radical (unpaired) electrons. The minimum absolute atomic E-state index is 0.0640. The monoisotopic (exact) mass is 166 g/mol. The average molecular weight is 166 g/mol. The Kier molecular flexibility index (Phi) is 2.77. The van der Waals surface area contributed by atoms with Crippen molar-refractivity contribution in [3.8, 4) is 6.07 Å². The highest BCUT2D eigenvalue weighted by atomic mass is 16.4. The Morgan fingerprint density at radius 2 is 2.42 bits per heavy atom. The molecule has 0 fully saturated rings. The predicted octanol–water partition coefficient (Wildman–Crippen LogP) is 0.552. The lowest BCUT2D eigenvalue weighted by molar-refractivity contribution is 0.411. The Morgan fingerprint density at radius 1 is 1.67 bits per heavy atom. The second kappa shape index (κ2) is 3.83. The van der Waals surface area contributed by atoms with Crippen LogP contribution in [0.2, 0.25) is 0 Å². The first-order valence-corrected chi connectivity index (χ1v) is 3.64. The van der Waals surface area contributed by atoms with E-state index in [4.69, 9.17) is 9.68 Å². The van der Waals surface area contributed by atoms with Gasteiger partial charge in [0.05, 0.1) is 18.7 Å². The molecule has 1 rings (SSSR count). The minimum atomic E-state index is -0.0640. The van der Waals surface area contributed by atoms with Gasteiger partial charge in [-0.15, -0.1) is 10.2 Å². The third-order valence-electron chi connectivity index (χ3n) is 1.40. The molecule has 0 aromatic carbocycles. The van der Waals surface area contributed by atoms with Crippen LogP contribution in [-0.4, -0.2) is 16.7 Å². The van der Waals surface area contributed by atoms with E-state index >= 15 is 0 Å². The zero-order chi connectivity index (χ0) is 8.97. The summed E-state index contributed by atoms with van der Waals surface area (Å²) in [7, 11) is 0. The molecule has 0 spiro atoms. The van der Waals surface area contributed by atoms with Gasteiger partial charge in [-0.05, 0) is 6.92 Å². The van der Waals surface area contributed by atoms with Crippen molar-refractivity contribution >= 4 is 0 Å². The molecule has 1 unspecified atom stereocenters. The average Bonchev–Trinajstić information content (AvgIpc) is 2.47. The summed E-state index contributed by atoms with van der Waals surface area (Å²) in [6, 6.07) is 1.91. The SMILES string of the molecule is Cc1nnc(C(C)NCC#N)o1. The molecule has 64 valence electrons. The van der Waals surface area contributed by atoms with Crippen molar-refractivity contribution in [2.45, 2.75) is 19.9 Å². The molecule has 1 atom stereocenters. The molecule has 0 aliphatic carbocycles. The van der Waals surface area contributed by atoms with Crippen molar-refractivity contribution in [3.05, 3.63) is 11.8 Å². The van der Waals surface area contributed by atoms with Gasteiger partial charge in [-0.1, -0.05) is 0 Å². The van der Waals surface area contributed by atoms with Gasteiger partial charge in [-0.25, -0.2) is 0 Å². The van der Waals surface area contributed by atoms with Gasteiger partial charge in [-0.3, -0.25) is 5.32 Å². The van der Waals surface area contributed by atoms with Gasteiger partial charge in [-0.2, -0.15) is 5.26 Å². The number of aryl methyl sites for hydroxylation is 1. The molecule has 1 aromatic rings. The van der Waals surface area contributed by atoms with Crippen LogP contribution >= 0.6 is 0 Å². The van der Waals surface area contributed by atoms with Gasteiger partial charge in [0.25, 0.3) is 0 Å². The highest BCUT2D eigenvalue weighted by molar-refractivity contribution is 4.88. The number of rotatable bonds is 3. The second-order valence-corrected chi connectivity index (χ2v) is 2.42. The molecule has 5 heteroatoms. The summed E-state index contributed by atoms with van der Waals surface area (Å²) < 4.78 is 5.15. The lowest BCUT2D eigenvalue weighted by Gasteiger charge is -2.04. The Morgan fingerprint density at radius 3 is 2.92 bits per heavy atom. The van der Waals surface area contributed by atoms with Gasteiger partial charge < -0.3 is 4.42 Å². The fourth-order valence-electron chi connectivity index (χ4n) is 0.773. The van der Waals surface area contributed by atoms with Gasteiger partial charge in [0.2, 0.25) is 11.8 Å². The van der Waals surface area contributed by atoms with Crippen molar-refractivity contribution < 1.29 is 4.42 Å². The van der Waals surface area contributed by atoms with Crippen LogP contribution in [0.3, 0.4) is 0 Å². The lowest BCUT2D eigenvalue weighted by Crippen LogP contribution is -2.18. The largest absolute Gasteiger partial charge is 0.424 e. The molecule has 0 saturated heterocycles. The highest BCUT2D eigenvalue weighted by Gasteiger charge is 2.10. The molecule has 5 nitrogen and oxygen atoms in total. The summed E-state index contributed by atoms with van der Waals surface area (Å²) in [6.45, 7) is 3.88. The summed E-state index contributed by atoms with van der Waals surface area (Å²) >= 11 is 0. The summed E-state index contributed by atoms with van der Waals surface area (Å²) in [4.78, 5) is 0. The molecule has 0 amide bonds. The molecule has 0 saturated carbocycles. The van der Waals surface area contributed by atoms with E-state index in [1.54, 1.807) is 6.92 Å². The topological polar surface area (TPSA) is 74.7 Å². The molecule has 1 N–H and O–H groups in total. The second-order valence-electron chi connectivity index (χ2n) is 2.42. The molecular formula is C7H10N4O. The Balaban J connectivity index is 2.54. The standard InChI is InChI=1S/C7H10N4O/c1-5(9-4-3-8)7-11-10-6(2)12-7/h5,9H,4H2,1-2H3. The third kappa shape index (κ3) is 2.04. The fraction of sp³-hybridized carbons (Fsp3) is 0.571. The van der Waals surface area contributed by atoms with E-state index in [0.717, 1.165) is 0 Å². The van der Waals surface area contributed by atoms with Gasteiger partial charge in [0.15, 0.2) is 0 Å². The lowest BCUT2D eigenvalue weighted by atomic mass is 10.3. The maximum atomic E-state index is 8.29. The van der Waals surface area contributed by atoms with Gasteiger partial charge in [0.1, 0.15) is 0 Å². The van der Waals surface area contributed by atoms with E-state index in [2.05, 4.69) is 15.5 Å². The third-order valence-corrected chi connectivity index (χ3v) is 1.40. The zero-order valence-corrected chi connectivity index (χ0v) is 7.03. The molecule has 1 aromatic heterocycles. The Bertz CT molecular complexity index is 288. The van der Waals surface area contributed by atoms with Crippen LogP contribution in [0.4, 0.5) is 0 Å². The van der Waals surface area contributed by atoms with E-state index < -0.39 is 0 Å². The van der Waals surface area contributed by atoms with E-state index in [1.807, 2.05) is 13.0 Å². The van der Waals surface area contributed by atoms with E-state index in [-0.39, 0.29) is 12.6 Å². The number of aromatic nitrogens is 2. The smallest absolute Gasteiger partial charge is 0.233 e.